The molecule has 0 saturated carbocycles. The summed E-state index contributed by atoms with van der Waals surface area (Å²) in [5.74, 6) is 0.890. The fraction of sp³-hybridized carbons (Fsp3) is 0.222. The highest BCUT2D eigenvalue weighted by Gasteiger charge is 2.06. The van der Waals surface area contributed by atoms with Gasteiger partial charge in [0.15, 0.2) is 0 Å². The minimum atomic E-state index is 0.0504. The summed E-state index contributed by atoms with van der Waals surface area (Å²) in [5.41, 5.74) is 5.02. The predicted octanol–water partition coefficient (Wildman–Crippen LogP) is 4.28. The Kier molecular flexibility index (Phi) is 3.92. The van der Waals surface area contributed by atoms with Crippen molar-refractivity contribution in [2.75, 3.05) is 5.32 Å². The van der Waals surface area contributed by atoms with Crippen molar-refractivity contribution in [2.24, 2.45) is 0 Å². The van der Waals surface area contributed by atoms with Crippen LogP contribution in [0.5, 0.6) is 0 Å². The van der Waals surface area contributed by atoms with Crippen LogP contribution in [0.3, 0.4) is 0 Å². The zero-order valence-electron chi connectivity index (χ0n) is 12.8. The first kappa shape index (κ1) is 14.3. The van der Waals surface area contributed by atoms with Gasteiger partial charge in [-0.2, -0.15) is 0 Å². The van der Waals surface area contributed by atoms with E-state index in [-0.39, 0.29) is 5.91 Å². The van der Waals surface area contributed by atoms with E-state index in [0.717, 1.165) is 34.5 Å². The Hall–Kier alpha value is -2.62. The monoisotopic (exact) mass is 293 g/mol. The van der Waals surface area contributed by atoms with Gasteiger partial charge in [-0.1, -0.05) is 13.0 Å². The Bertz CT molecular complexity index is 803. The summed E-state index contributed by atoms with van der Waals surface area (Å²) < 4.78 is 0. The van der Waals surface area contributed by atoms with Crippen molar-refractivity contribution in [3.8, 4) is 11.4 Å². The number of H-pyrrole nitrogens is 1. The third-order valence-corrected chi connectivity index (χ3v) is 3.56. The maximum Gasteiger partial charge on any atom is 0.224 e. The van der Waals surface area contributed by atoms with E-state index < -0.39 is 0 Å². The van der Waals surface area contributed by atoms with E-state index in [4.69, 9.17) is 0 Å². The van der Waals surface area contributed by atoms with Gasteiger partial charge in [0.05, 0.1) is 11.0 Å². The molecule has 4 heteroatoms. The zero-order valence-corrected chi connectivity index (χ0v) is 12.8. The van der Waals surface area contributed by atoms with E-state index in [1.165, 1.54) is 5.56 Å². The number of imidazole rings is 1. The number of amides is 1. The number of fused-ring (bicyclic) bond motifs is 1. The van der Waals surface area contributed by atoms with Crippen molar-refractivity contribution >= 4 is 22.6 Å². The van der Waals surface area contributed by atoms with Crippen LogP contribution in [-0.2, 0) is 4.79 Å². The molecule has 0 saturated heterocycles. The normalized spacial score (nSPS) is 10.8. The molecule has 0 atom stereocenters. The van der Waals surface area contributed by atoms with Gasteiger partial charge >= 0.3 is 0 Å². The van der Waals surface area contributed by atoms with Gasteiger partial charge in [-0.05, 0) is 55.3 Å². The van der Waals surface area contributed by atoms with E-state index in [1.54, 1.807) is 0 Å². The highest BCUT2D eigenvalue weighted by Crippen LogP contribution is 2.22. The van der Waals surface area contributed by atoms with Crippen LogP contribution in [0, 0.1) is 6.92 Å². The molecule has 2 N–H and O–H groups in total. The standard InChI is InChI=1S/C18H19N3O/c1-3-4-17(22)19-14-8-6-13(7-9-14)18-20-15-10-5-12(2)11-16(15)21-18/h5-11H,3-4H2,1-2H3,(H,19,22)(H,20,21). The molecule has 1 heterocycles. The number of aromatic nitrogens is 2. The van der Waals surface area contributed by atoms with E-state index >= 15 is 0 Å². The molecular formula is C18H19N3O. The SMILES string of the molecule is CCCC(=O)Nc1ccc(-c2nc3ccc(C)cc3[nH]2)cc1. The Morgan fingerprint density at radius 2 is 1.95 bits per heavy atom. The second kappa shape index (κ2) is 6.02. The summed E-state index contributed by atoms with van der Waals surface area (Å²) >= 11 is 0. The van der Waals surface area contributed by atoms with Crippen LogP contribution in [0.15, 0.2) is 42.5 Å². The lowest BCUT2D eigenvalue weighted by atomic mass is 10.2. The first-order valence-electron chi connectivity index (χ1n) is 7.52. The van der Waals surface area contributed by atoms with E-state index in [9.17, 15) is 4.79 Å². The second-order valence-corrected chi connectivity index (χ2v) is 5.48. The highest BCUT2D eigenvalue weighted by molar-refractivity contribution is 5.91. The number of carbonyl (C=O) groups is 1. The maximum absolute atomic E-state index is 11.6. The van der Waals surface area contributed by atoms with Crippen molar-refractivity contribution < 1.29 is 4.79 Å². The van der Waals surface area contributed by atoms with Crippen molar-refractivity contribution in [3.63, 3.8) is 0 Å². The maximum atomic E-state index is 11.6. The Morgan fingerprint density at radius 1 is 1.18 bits per heavy atom. The molecule has 3 aromatic rings. The molecule has 2 aromatic carbocycles. The fourth-order valence-corrected chi connectivity index (χ4v) is 2.42. The van der Waals surface area contributed by atoms with Crippen molar-refractivity contribution in [1.82, 2.24) is 9.97 Å². The van der Waals surface area contributed by atoms with Crippen LogP contribution in [0.25, 0.3) is 22.4 Å². The molecule has 0 aliphatic carbocycles. The molecule has 0 aliphatic heterocycles. The molecular weight excluding hydrogens is 274 g/mol. The van der Waals surface area contributed by atoms with Crippen molar-refractivity contribution in [3.05, 3.63) is 48.0 Å². The summed E-state index contributed by atoms with van der Waals surface area (Å²) in [4.78, 5) is 19.5. The number of rotatable bonds is 4. The van der Waals surface area contributed by atoms with E-state index in [0.29, 0.717) is 6.42 Å². The number of hydrogen-bond acceptors (Lipinski definition) is 2. The van der Waals surface area contributed by atoms with Gasteiger partial charge in [-0.3, -0.25) is 4.79 Å². The van der Waals surface area contributed by atoms with Gasteiger partial charge < -0.3 is 10.3 Å². The van der Waals surface area contributed by atoms with Crippen LogP contribution in [-0.4, -0.2) is 15.9 Å². The molecule has 0 bridgehead atoms. The van der Waals surface area contributed by atoms with Gasteiger partial charge in [0, 0.05) is 17.7 Å². The van der Waals surface area contributed by atoms with Crippen LogP contribution < -0.4 is 5.32 Å². The smallest absolute Gasteiger partial charge is 0.224 e. The molecule has 0 unspecified atom stereocenters. The van der Waals surface area contributed by atoms with Crippen LogP contribution in [0.2, 0.25) is 0 Å². The summed E-state index contributed by atoms with van der Waals surface area (Å²) in [6.45, 7) is 4.06. The third-order valence-electron chi connectivity index (χ3n) is 3.56. The van der Waals surface area contributed by atoms with Crippen molar-refractivity contribution in [1.29, 1.82) is 0 Å². The number of anilines is 1. The molecule has 1 amide bonds. The van der Waals surface area contributed by atoms with Crippen molar-refractivity contribution in [2.45, 2.75) is 26.7 Å². The minimum absolute atomic E-state index is 0.0504. The largest absolute Gasteiger partial charge is 0.338 e. The van der Waals surface area contributed by atoms with Gasteiger partial charge in [0.1, 0.15) is 5.82 Å². The summed E-state index contributed by atoms with van der Waals surface area (Å²) in [6.07, 6.45) is 1.40. The first-order chi connectivity index (χ1) is 10.7. The Labute approximate surface area is 129 Å². The average Bonchev–Trinajstić information content (AvgIpc) is 2.91. The third kappa shape index (κ3) is 3.01. The predicted molar refractivity (Wildman–Crippen MR) is 89.8 cm³/mol. The number of aryl methyl sites for hydroxylation is 1. The number of benzene rings is 2. The number of nitrogens with zero attached hydrogens (tertiary/aromatic N) is 1. The van der Waals surface area contributed by atoms with Crippen LogP contribution in [0.4, 0.5) is 5.69 Å². The topological polar surface area (TPSA) is 57.8 Å². The fourth-order valence-electron chi connectivity index (χ4n) is 2.42. The summed E-state index contributed by atoms with van der Waals surface area (Å²) in [5, 5.41) is 2.89. The molecule has 0 fully saturated rings. The van der Waals surface area contributed by atoms with Gasteiger partial charge in [-0.25, -0.2) is 4.98 Å². The van der Waals surface area contributed by atoms with Gasteiger partial charge in [0.25, 0.3) is 0 Å². The van der Waals surface area contributed by atoms with Crippen LogP contribution >= 0.6 is 0 Å². The van der Waals surface area contributed by atoms with Gasteiger partial charge in [0.2, 0.25) is 5.91 Å². The quantitative estimate of drug-likeness (QED) is 0.754. The molecule has 22 heavy (non-hydrogen) atoms. The molecule has 0 aliphatic rings. The zero-order chi connectivity index (χ0) is 15.5. The summed E-state index contributed by atoms with van der Waals surface area (Å²) in [6, 6.07) is 13.9. The van der Waals surface area contributed by atoms with Crippen LogP contribution in [0.1, 0.15) is 25.3 Å². The summed E-state index contributed by atoms with van der Waals surface area (Å²) in [7, 11) is 0. The molecule has 4 nitrogen and oxygen atoms in total. The van der Waals surface area contributed by atoms with Gasteiger partial charge in [-0.15, -0.1) is 0 Å². The molecule has 0 radical (unpaired) electrons. The Morgan fingerprint density at radius 3 is 2.68 bits per heavy atom. The number of hydrogen-bond donors (Lipinski definition) is 2. The molecule has 0 spiro atoms. The Balaban J connectivity index is 1.83. The number of aromatic amines is 1. The minimum Gasteiger partial charge on any atom is -0.338 e. The first-order valence-corrected chi connectivity index (χ1v) is 7.52. The molecule has 1 aromatic heterocycles. The number of carbonyl (C=O) groups excluding carboxylic acids is 1. The number of nitrogens with one attached hydrogen (secondary N) is 2. The van der Waals surface area contributed by atoms with E-state index in [2.05, 4.69) is 34.3 Å². The lowest BCUT2D eigenvalue weighted by molar-refractivity contribution is -0.116. The second-order valence-electron chi connectivity index (χ2n) is 5.48. The lowest BCUT2D eigenvalue weighted by Gasteiger charge is -2.04. The highest BCUT2D eigenvalue weighted by atomic mass is 16.1. The van der Waals surface area contributed by atoms with E-state index in [1.807, 2.05) is 37.3 Å². The lowest BCUT2D eigenvalue weighted by Crippen LogP contribution is -2.10. The molecule has 112 valence electrons. The molecule has 3 rings (SSSR count). The average molecular weight is 293 g/mol.